The average molecular weight is 299 g/mol. The number of aliphatic imine (C=N–C) groups is 1. The second kappa shape index (κ2) is 9.04. The van der Waals surface area contributed by atoms with E-state index in [1.165, 1.54) is 0 Å². The van der Waals surface area contributed by atoms with Crippen LogP contribution in [0.15, 0.2) is 4.99 Å². The smallest absolute Gasteiger partial charge is 0.409 e. The molecule has 1 heterocycles. The number of ether oxygens (including phenoxy) is 1. The number of nitrogens with zero attached hydrogens (tertiary/aromatic N) is 2. The van der Waals surface area contributed by atoms with E-state index < -0.39 is 0 Å². The van der Waals surface area contributed by atoms with E-state index in [1.54, 1.807) is 11.8 Å². The lowest BCUT2D eigenvalue weighted by Gasteiger charge is -2.31. The lowest BCUT2D eigenvalue weighted by atomic mass is 10.1. The van der Waals surface area contributed by atoms with E-state index >= 15 is 0 Å². The Bertz CT molecular complexity index is 378. The van der Waals surface area contributed by atoms with Crippen LogP contribution in [0.3, 0.4) is 0 Å². The minimum atomic E-state index is -0.270. The number of piperidine rings is 1. The van der Waals surface area contributed by atoms with E-state index in [1.807, 2.05) is 6.92 Å². The topological polar surface area (TPSA) is 109 Å². The van der Waals surface area contributed by atoms with Gasteiger partial charge in [0.15, 0.2) is 5.96 Å². The summed E-state index contributed by atoms with van der Waals surface area (Å²) in [5.41, 5.74) is 5.74. The molecule has 1 aliphatic heterocycles. The summed E-state index contributed by atoms with van der Waals surface area (Å²) in [6.07, 6.45) is 1.28. The molecule has 0 aromatic rings. The molecule has 0 spiro atoms. The molecule has 21 heavy (non-hydrogen) atoms. The lowest BCUT2D eigenvalue weighted by Crippen LogP contribution is -2.48. The molecule has 1 saturated heterocycles. The standard InChI is InChI=1S/C13H25N5O3/c1-3-15-11(19)9-16-12(14)17-10-5-7-18(8-6-10)13(20)21-4-2/h10H,3-9H2,1-2H3,(H,15,19)(H3,14,16,17). The Morgan fingerprint density at radius 3 is 2.57 bits per heavy atom. The van der Waals surface area contributed by atoms with E-state index in [-0.39, 0.29) is 30.5 Å². The van der Waals surface area contributed by atoms with E-state index in [0.717, 1.165) is 12.8 Å². The Kier molecular flexibility index (Phi) is 7.34. The molecule has 8 nitrogen and oxygen atoms in total. The van der Waals surface area contributed by atoms with Gasteiger partial charge in [-0.25, -0.2) is 9.79 Å². The first-order chi connectivity index (χ1) is 10.1. The van der Waals surface area contributed by atoms with Crippen LogP contribution in [0, 0.1) is 0 Å². The highest BCUT2D eigenvalue weighted by Gasteiger charge is 2.23. The number of guanidine groups is 1. The van der Waals surface area contributed by atoms with Crippen molar-refractivity contribution in [3.63, 3.8) is 0 Å². The molecular weight excluding hydrogens is 274 g/mol. The molecule has 2 amide bonds. The third-order valence-electron chi connectivity index (χ3n) is 3.14. The summed E-state index contributed by atoms with van der Waals surface area (Å²) in [7, 11) is 0. The number of carbonyl (C=O) groups excluding carboxylic acids is 2. The molecule has 1 aliphatic rings. The number of likely N-dealkylation sites (N-methyl/N-ethyl adjacent to an activating group) is 1. The summed E-state index contributed by atoms with van der Waals surface area (Å²) >= 11 is 0. The average Bonchev–Trinajstić information content (AvgIpc) is 2.46. The van der Waals surface area contributed by atoms with Crippen LogP contribution < -0.4 is 16.4 Å². The van der Waals surface area contributed by atoms with Crippen LogP contribution >= 0.6 is 0 Å². The third kappa shape index (κ3) is 6.33. The van der Waals surface area contributed by atoms with E-state index in [0.29, 0.717) is 26.2 Å². The largest absolute Gasteiger partial charge is 0.450 e. The molecule has 0 saturated carbocycles. The summed E-state index contributed by atoms with van der Waals surface area (Å²) in [5, 5.41) is 5.72. The number of rotatable bonds is 5. The van der Waals surface area contributed by atoms with Crippen LogP contribution in [-0.2, 0) is 9.53 Å². The summed E-state index contributed by atoms with van der Waals surface area (Å²) < 4.78 is 4.96. The highest BCUT2D eigenvalue weighted by Crippen LogP contribution is 2.11. The minimum Gasteiger partial charge on any atom is -0.450 e. The van der Waals surface area contributed by atoms with Crippen LogP contribution in [-0.4, -0.2) is 61.7 Å². The maximum atomic E-state index is 11.6. The monoisotopic (exact) mass is 299 g/mol. The molecule has 1 fully saturated rings. The van der Waals surface area contributed by atoms with Gasteiger partial charge in [-0.05, 0) is 26.7 Å². The number of nitrogens with two attached hydrogens (primary N) is 1. The van der Waals surface area contributed by atoms with Crippen LogP contribution in [0.5, 0.6) is 0 Å². The van der Waals surface area contributed by atoms with Crippen LogP contribution in [0.4, 0.5) is 4.79 Å². The van der Waals surface area contributed by atoms with Gasteiger partial charge in [0.1, 0.15) is 6.54 Å². The van der Waals surface area contributed by atoms with Gasteiger partial charge < -0.3 is 26.0 Å². The molecule has 0 aromatic heterocycles. The first-order valence-electron chi connectivity index (χ1n) is 7.31. The van der Waals surface area contributed by atoms with Crippen molar-refractivity contribution in [1.82, 2.24) is 15.5 Å². The van der Waals surface area contributed by atoms with Crippen LogP contribution in [0.25, 0.3) is 0 Å². The van der Waals surface area contributed by atoms with Crippen molar-refractivity contribution in [1.29, 1.82) is 0 Å². The molecule has 8 heteroatoms. The highest BCUT2D eigenvalue weighted by atomic mass is 16.6. The Hall–Kier alpha value is -1.99. The first-order valence-corrected chi connectivity index (χ1v) is 7.31. The zero-order chi connectivity index (χ0) is 15.7. The zero-order valence-corrected chi connectivity index (χ0v) is 12.7. The molecule has 0 atom stereocenters. The van der Waals surface area contributed by atoms with Crippen molar-refractivity contribution in [3.05, 3.63) is 0 Å². The molecule has 0 radical (unpaired) electrons. The predicted octanol–water partition coefficient (Wildman–Crippen LogP) is -0.352. The minimum absolute atomic E-state index is 0.0222. The van der Waals surface area contributed by atoms with Crippen molar-refractivity contribution < 1.29 is 14.3 Å². The lowest BCUT2D eigenvalue weighted by molar-refractivity contribution is -0.119. The first kappa shape index (κ1) is 17.1. The number of hydrogen-bond donors (Lipinski definition) is 3. The predicted molar refractivity (Wildman–Crippen MR) is 79.9 cm³/mol. The molecule has 0 bridgehead atoms. The van der Waals surface area contributed by atoms with Gasteiger partial charge in [0.05, 0.1) is 6.61 Å². The third-order valence-corrected chi connectivity index (χ3v) is 3.14. The van der Waals surface area contributed by atoms with Gasteiger partial charge in [0, 0.05) is 25.7 Å². The molecule has 0 unspecified atom stereocenters. The second-order valence-corrected chi connectivity index (χ2v) is 4.76. The highest BCUT2D eigenvalue weighted by molar-refractivity contribution is 5.84. The maximum absolute atomic E-state index is 11.6. The summed E-state index contributed by atoms with van der Waals surface area (Å²) in [4.78, 5) is 28.5. The zero-order valence-electron chi connectivity index (χ0n) is 12.7. The molecule has 0 aromatic carbocycles. The maximum Gasteiger partial charge on any atom is 0.409 e. The van der Waals surface area contributed by atoms with Crippen molar-refractivity contribution in [2.75, 3.05) is 32.8 Å². The number of likely N-dealkylation sites (tertiary alicyclic amines) is 1. The van der Waals surface area contributed by atoms with Crippen molar-refractivity contribution >= 4 is 18.0 Å². The number of amides is 2. The molecular formula is C13H25N5O3. The number of nitrogens with one attached hydrogen (secondary N) is 2. The summed E-state index contributed by atoms with van der Waals surface area (Å²) in [5.74, 6) is 0.107. The van der Waals surface area contributed by atoms with E-state index in [4.69, 9.17) is 10.5 Å². The molecule has 0 aliphatic carbocycles. The fourth-order valence-electron chi connectivity index (χ4n) is 2.09. The van der Waals surface area contributed by atoms with Gasteiger partial charge in [-0.3, -0.25) is 4.79 Å². The molecule has 4 N–H and O–H groups in total. The fraction of sp³-hybridized carbons (Fsp3) is 0.769. The SMILES string of the molecule is CCNC(=O)CN=C(N)NC1CCN(C(=O)OCC)CC1. The fourth-order valence-corrected chi connectivity index (χ4v) is 2.09. The summed E-state index contributed by atoms with van der Waals surface area (Å²) in [6.45, 7) is 5.87. The van der Waals surface area contributed by atoms with Gasteiger partial charge in [-0.1, -0.05) is 0 Å². The van der Waals surface area contributed by atoms with Gasteiger partial charge in [0.2, 0.25) is 5.91 Å². The van der Waals surface area contributed by atoms with Crippen LogP contribution in [0.1, 0.15) is 26.7 Å². The Morgan fingerprint density at radius 2 is 2.00 bits per heavy atom. The van der Waals surface area contributed by atoms with Crippen LogP contribution in [0.2, 0.25) is 0 Å². The van der Waals surface area contributed by atoms with E-state index in [9.17, 15) is 9.59 Å². The van der Waals surface area contributed by atoms with Gasteiger partial charge in [-0.2, -0.15) is 0 Å². The Morgan fingerprint density at radius 1 is 1.33 bits per heavy atom. The number of carbonyl (C=O) groups is 2. The Labute approximate surface area is 125 Å². The van der Waals surface area contributed by atoms with Gasteiger partial charge in [0.25, 0.3) is 0 Å². The van der Waals surface area contributed by atoms with E-state index in [2.05, 4.69) is 15.6 Å². The quantitative estimate of drug-likeness (QED) is 0.475. The second-order valence-electron chi connectivity index (χ2n) is 4.76. The normalized spacial score (nSPS) is 16.5. The van der Waals surface area contributed by atoms with Crippen molar-refractivity contribution in [2.24, 2.45) is 10.7 Å². The summed E-state index contributed by atoms with van der Waals surface area (Å²) in [6, 6.07) is 0.161. The van der Waals surface area contributed by atoms with Crippen molar-refractivity contribution in [3.8, 4) is 0 Å². The van der Waals surface area contributed by atoms with Gasteiger partial charge >= 0.3 is 6.09 Å². The van der Waals surface area contributed by atoms with Gasteiger partial charge in [-0.15, -0.1) is 0 Å². The molecule has 120 valence electrons. The molecule has 1 rings (SSSR count). The Balaban J connectivity index is 2.30. The van der Waals surface area contributed by atoms with Crippen molar-refractivity contribution in [2.45, 2.75) is 32.7 Å². The number of hydrogen-bond acceptors (Lipinski definition) is 4.